The summed E-state index contributed by atoms with van der Waals surface area (Å²) in [5.41, 5.74) is 0. The number of hydrogen-bond donors (Lipinski definition) is 1. The number of rotatable bonds is 4. The highest BCUT2D eigenvalue weighted by molar-refractivity contribution is 5.74. The molecule has 7 heteroatoms. The van der Waals surface area contributed by atoms with Crippen molar-refractivity contribution in [3.63, 3.8) is 0 Å². The third-order valence-corrected chi connectivity index (χ3v) is 3.11. The molecule has 0 aliphatic carbocycles. The van der Waals surface area contributed by atoms with Gasteiger partial charge in [0.25, 0.3) is 0 Å². The van der Waals surface area contributed by atoms with Crippen molar-refractivity contribution >= 4 is 12.0 Å². The van der Waals surface area contributed by atoms with E-state index < -0.39 is 12.1 Å². The summed E-state index contributed by atoms with van der Waals surface area (Å²) in [6, 6.07) is 3.42. The van der Waals surface area contributed by atoms with E-state index in [2.05, 4.69) is 0 Å². The molecule has 1 N–H and O–H groups in total. The van der Waals surface area contributed by atoms with Crippen LogP contribution in [-0.4, -0.2) is 59.8 Å². The molecule has 0 spiro atoms. The van der Waals surface area contributed by atoms with Crippen LogP contribution in [0.5, 0.6) is 0 Å². The summed E-state index contributed by atoms with van der Waals surface area (Å²) in [4.78, 5) is 26.1. The summed E-state index contributed by atoms with van der Waals surface area (Å²) in [7, 11) is 1.69. The van der Waals surface area contributed by atoms with E-state index in [1.165, 1.54) is 0 Å². The second-order valence-corrected chi connectivity index (χ2v) is 4.75. The minimum Gasteiger partial charge on any atom is -0.481 e. The highest BCUT2D eigenvalue weighted by atomic mass is 16.5. The largest absolute Gasteiger partial charge is 0.481 e. The first-order chi connectivity index (χ1) is 9.56. The maximum Gasteiger partial charge on any atom is 0.320 e. The van der Waals surface area contributed by atoms with Gasteiger partial charge >= 0.3 is 12.0 Å². The average Bonchev–Trinajstić information content (AvgIpc) is 2.90. The first-order valence-electron chi connectivity index (χ1n) is 6.42. The molecule has 0 aromatic carbocycles. The van der Waals surface area contributed by atoms with Crippen molar-refractivity contribution < 1.29 is 23.8 Å². The van der Waals surface area contributed by atoms with E-state index in [4.69, 9.17) is 14.3 Å². The fraction of sp³-hybridized carbons (Fsp3) is 0.538. The number of carboxylic acid groups (broad SMARTS) is 1. The molecule has 1 atom stereocenters. The molecule has 110 valence electrons. The Labute approximate surface area is 116 Å². The van der Waals surface area contributed by atoms with Gasteiger partial charge in [0, 0.05) is 20.1 Å². The summed E-state index contributed by atoms with van der Waals surface area (Å²) >= 11 is 0. The number of ether oxygens (including phenoxy) is 1. The third kappa shape index (κ3) is 3.74. The molecule has 0 saturated carbocycles. The van der Waals surface area contributed by atoms with Gasteiger partial charge in [-0.1, -0.05) is 0 Å². The number of furan rings is 1. The van der Waals surface area contributed by atoms with E-state index in [0.717, 1.165) is 0 Å². The minimum atomic E-state index is -0.923. The molecule has 20 heavy (non-hydrogen) atoms. The van der Waals surface area contributed by atoms with Crippen molar-refractivity contribution in [1.29, 1.82) is 0 Å². The van der Waals surface area contributed by atoms with Gasteiger partial charge in [0.15, 0.2) is 0 Å². The smallest absolute Gasteiger partial charge is 0.320 e. The summed E-state index contributed by atoms with van der Waals surface area (Å²) in [5, 5.41) is 8.76. The molecule has 1 aromatic rings. The fourth-order valence-electron chi connectivity index (χ4n) is 2.16. The Kier molecular flexibility index (Phi) is 4.62. The Hall–Kier alpha value is -2.02. The quantitative estimate of drug-likeness (QED) is 0.891. The normalized spacial score (nSPS) is 18.9. The van der Waals surface area contributed by atoms with Crippen LogP contribution in [0.3, 0.4) is 0 Å². The molecule has 2 amide bonds. The molecule has 0 bridgehead atoms. The molecule has 2 rings (SSSR count). The Bertz CT molecular complexity index is 459. The molecule has 2 heterocycles. The Morgan fingerprint density at radius 1 is 1.55 bits per heavy atom. The maximum atomic E-state index is 12.3. The fourth-order valence-corrected chi connectivity index (χ4v) is 2.16. The van der Waals surface area contributed by atoms with Gasteiger partial charge in [0.05, 0.1) is 31.9 Å². The molecular formula is C13H18N2O5. The zero-order chi connectivity index (χ0) is 14.5. The number of hydrogen-bond acceptors (Lipinski definition) is 4. The van der Waals surface area contributed by atoms with E-state index in [1.807, 2.05) is 0 Å². The summed E-state index contributed by atoms with van der Waals surface area (Å²) in [5.74, 6) is -0.218. The van der Waals surface area contributed by atoms with Gasteiger partial charge in [-0.3, -0.25) is 4.79 Å². The molecule has 7 nitrogen and oxygen atoms in total. The van der Waals surface area contributed by atoms with Crippen molar-refractivity contribution in [1.82, 2.24) is 9.80 Å². The number of carbonyl (C=O) groups excluding carboxylic acids is 1. The lowest BCUT2D eigenvalue weighted by molar-refractivity contribution is -0.141. The SMILES string of the molecule is CN(Cc1ccco1)C(=O)N1CCOC(CC(=O)O)C1. The van der Waals surface area contributed by atoms with Crippen LogP contribution >= 0.6 is 0 Å². The monoisotopic (exact) mass is 282 g/mol. The molecule has 1 aliphatic heterocycles. The van der Waals surface area contributed by atoms with Crippen molar-refractivity contribution in [3.8, 4) is 0 Å². The summed E-state index contributed by atoms with van der Waals surface area (Å²) < 4.78 is 10.5. The zero-order valence-electron chi connectivity index (χ0n) is 11.3. The predicted octanol–water partition coefficient (Wildman–Crippen LogP) is 1.01. The van der Waals surface area contributed by atoms with Crippen LogP contribution in [0.1, 0.15) is 12.2 Å². The Morgan fingerprint density at radius 2 is 2.35 bits per heavy atom. The van der Waals surface area contributed by atoms with Gasteiger partial charge in [-0.25, -0.2) is 4.79 Å². The molecule has 1 aliphatic rings. The zero-order valence-corrected chi connectivity index (χ0v) is 11.3. The number of amides is 2. The van der Waals surface area contributed by atoms with Crippen LogP contribution in [0.25, 0.3) is 0 Å². The predicted molar refractivity (Wildman–Crippen MR) is 69.1 cm³/mol. The number of morpholine rings is 1. The standard InChI is InChI=1S/C13H18N2O5/c1-14(8-10-3-2-5-19-10)13(18)15-4-6-20-11(9-15)7-12(16)17/h2-3,5,11H,4,6-9H2,1H3,(H,16,17). The third-order valence-electron chi connectivity index (χ3n) is 3.11. The van der Waals surface area contributed by atoms with Crippen LogP contribution in [0, 0.1) is 0 Å². The highest BCUT2D eigenvalue weighted by Crippen LogP contribution is 2.12. The van der Waals surface area contributed by atoms with E-state index in [1.54, 1.807) is 35.2 Å². The van der Waals surface area contributed by atoms with Crippen LogP contribution in [0.2, 0.25) is 0 Å². The molecule has 1 aromatic heterocycles. The maximum absolute atomic E-state index is 12.3. The number of aliphatic carboxylic acids is 1. The first kappa shape index (κ1) is 14.4. The molecule has 1 fully saturated rings. The Morgan fingerprint density at radius 3 is 3.00 bits per heavy atom. The highest BCUT2D eigenvalue weighted by Gasteiger charge is 2.27. The van der Waals surface area contributed by atoms with Gasteiger partial charge in [0.2, 0.25) is 0 Å². The second-order valence-electron chi connectivity index (χ2n) is 4.75. The summed E-state index contributed by atoms with van der Waals surface area (Å²) in [6.07, 6.45) is 1.03. The van der Waals surface area contributed by atoms with Crippen LogP contribution in [0.4, 0.5) is 4.79 Å². The van der Waals surface area contributed by atoms with Crippen molar-refractivity contribution in [3.05, 3.63) is 24.2 Å². The minimum absolute atomic E-state index is 0.0916. The van der Waals surface area contributed by atoms with Gasteiger partial charge in [-0.2, -0.15) is 0 Å². The van der Waals surface area contributed by atoms with Gasteiger partial charge in [0.1, 0.15) is 5.76 Å². The average molecular weight is 282 g/mol. The topological polar surface area (TPSA) is 83.2 Å². The molecule has 0 radical (unpaired) electrons. The van der Waals surface area contributed by atoms with E-state index >= 15 is 0 Å². The number of carbonyl (C=O) groups is 2. The lowest BCUT2D eigenvalue weighted by Crippen LogP contribution is -2.50. The van der Waals surface area contributed by atoms with E-state index in [9.17, 15) is 9.59 Å². The lowest BCUT2D eigenvalue weighted by atomic mass is 10.2. The van der Waals surface area contributed by atoms with E-state index in [0.29, 0.717) is 32.0 Å². The molecule has 1 saturated heterocycles. The Balaban J connectivity index is 1.89. The second kappa shape index (κ2) is 6.42. The number of nitrogens with zero attached hydrogens (tertiary/aromatic N) is 2. The number of carboxylic acids is 1. The lowest BCUT2D eigenvalue weighted by Gasteiger charge is -2.34. The van der Waals surface area contributed by atoms with Crippen LogP contribution in [0.15, 0.2) is 22.8 Å². The molecular weight excluding hydrogens is 264 g/mol. The van der Waals surface area contributed by atoms with E-state index in [-0.39, 0.29) is 12.5 Å². The van der Waals surface area contributed by atoms with Crippen molar-refractivity contribution in [2.45, 2.75) is 19.1 Å². The van der Waals surface area contributed by atoms with Crippen LogP contribution in [-0.2, 0) is 16.1 Å². The van der Waals surface area contributed by atoms with Crippen molar-refractivity contribution in [2.75, 3.05) is 26.7 Å². The van der Waals surface area contributed by atoms with Gasteiger partial charge in [-0.05, 0) is 12.1 Å². The molecule has 1 unspecified atom stereocenters. The first-order valence-corrected chi connectivity index (χ1v) is 6.42. The van der Waals surface area contributed by atoms with Gasteiger partial charge in [-0.15, -0.1) is 0 Å². The van der Waals surface area contributed by atoms with Gasteiger partial charge < -0.3 is 24.1 Å². The number of urea groups is 1. The van der Waals surface area contributed by atoms with Crippen LogP contribution < -0.4 is 0 Å². The van der Waals surface area contributed by atoms with Crippen molar-refractivity contribution in [2.24, 2.45) is 0 Å². The summed E-state index contributed by atoms with van der Waals surface area (Å²) in [6.45, 7) is 1.51.